The van der Waals surface area contributed by atoms with Crippen LogP contribution < -0.4 is 5.32 Å². The number of hydrogen-bond acceptors (Lipinski definition) is 2. The molecule has 0 saturated carbocycles. The second-order valence-electron chi connectivity index (χ2n) is 5.98. The van der Waals surface area contributed by atoms with Crippen molar-refractivity contribution < 1.29 is 5.11 Å². The number of rotatable bonds is 7. The van der Waals surface area contributed by atoms with Crippen molar-refractivity contribution in [3.63, 3.8) is 0 Å². The summed E-state index contributed by atoms with van der Waals surface area (Å²) in [7, 11) is 0. The third-order valence-electron chi connectivity index (χ3n) is 4.23. The Morgan fingerprint density at radius 1 is 0.680 bits per heavy atom. The summed E-state index contributed by atoms with van der Waals surface area (Å²) < 4.78 is 0. The van der Waals surface area contributed by atoms with Crippen LogP contribution in [0.1, 0.15) is 22.6 Å². The van der Waals surface area contributed by atoms with E-state index < -0.39 is 6.10 Å². The third-order valence-corrected chi connectivity index (χ3v) is 4.23. The van der Waals surface area contributed by atoms with Crippen molar-refractivity contribution in [2.45, 2.75) is 18.6 Å². The molecule has 0 bridgehead atoms. The van der Waals surface area contributed by atoms with Gasteiger partial charge in [-0.25, -0.2) is 0 Å². The maximum absolute atomic E-state index is 10.8. The van der Waals surface area contributed by atoms with E-state index in [0.29, 0.717) is 6.54 Å². The monoisotopic (exact) mass is 353 g/mol. The predicted molar refractivity (Wildman–Crippen MR) is 106 cm³/mol. The van der Waals surface area contributed by atoms with Gasteiger partial charge >= 0.3 is 0 Å². The Kier molecular flexibility index (Phi) is 7.68. The normalized spacial score (nSPS) is 11.8. The molecule has 0 aromatic heterocycles. The summed E-state index contributed by atoms with van der Waals surface area (Å²) in [6, 6.07) is 30.7. The van der Waals surface area contributed by atoms with Gasteiger partial charge in [0.1, 0.15) is 0 Å². The van der Waals surface area contributed by atoms with Crippen LogP contribution in [0.2, 0.25) is 0 Å². The largest absolute Gasteiger partial charge is 0.391 e. The van der Waals surface area contributed by atoms with Crippen molar-refractivity contribution in [2.75, 3.05) is 6.54 Å². The van der Waals surface area contributed by atoms with Gasteiger partial charge in [0, 0.05) is 19.0 Å². The molecular weight excluding hydrogens is 330 g/mol. The fourth-order valence-corrected chi connectivity index (χ4v) is 3.04. The van der Waals surface area contributed by atoms with E-state index in [1.165, 1.54) is 5.56 Å². The van der Waals surface area contributed by atoms with E-state index in [1.807, 2.05) is 54.6 Å². The molecule has 0 saturated heterocycles. The van der Waals surface area contributed by atoms with E-state index in [2.05, 4.69) is 41.7 Å². The van der Waals surface area contributed by atoms with Gasteiger partial charge in [-0.1, -0.05) is 91.0 Å². The molecule has 0 amide bonds. The molecule has 0 fully saturated rings. The number of halogens is 1. The molecule has 1 atom stereocenters. The molecule has 0 radical (unpaired) electrons. The van der Waals surface area contributed by atoms with E-state index in [1.54, 1.807) is 0 Å². The van der Waals surface area contributed by atoms with Crippen LogP contribution >= 0.6 is 12.4 Å². The van der Waals surface area contributed by atoms with E-state index in [4.69, 9.17) is 0 Å². The molecule has 0 spiro atoms. The van der Waals surface area contributed by atoms with Gasteiger partial charge in [0.2, 0.25) is 0 Å². The third kappa shape index (κ3) is 5.43. The minimum absolute atomic E-state index is 0. The zero-order valence-electron chi connectivity index (χ0n) is 14.1. The molecule has 3 heteroatoms. The Labute approximate surface area is 156 Å². The molecule has 0 heterocycles. The molecule has 130 valence electrons. The van der Waals surface area contributed by atoms with Crippen molar-refractivity contribution in [1.82, 2.24) is 5.32 Å². The minimum Gasteiger partial charge on any atom is -0.391 e. The topological polar surface area (TPSA) is 32.3 Å². The minimum atomic E-state index is -0.487. The first-order valence-corrected chi connectivity index (χ1v) is 8.37. The van der Waals surface area contributed by atoms with Gasteiger partial charge in [-0.05, 0) is 16.7 Å². The Hall–Kier alpha value is -2.13. The van der Waals surface area contributed by atoms with Gasteiger partial charge < -0.3 is 10.4 Å². The SMILES string of the molecule is Cl.OC(CNCc1ccccc1)C(c1ccccc1)c1ccccc1. The summed E-state index contributed by atoms with van der Waals surface area (Å²) in [5.41, 5.74) is 3.50. The van der Waals surface area contributed by atoms with Gasteiger partial charge in [-0.15, -0.1) is 12.4 Å². The first-order valence-electron chi connectivity index (χ1n) is 8.37. The number of nitrogens with one attached hydrogen (secondary N) is 1. The summed E-state index contributed by atoms with van der Waals surface area (Å²) in [6.45, 7) is 1.30. The number of aliphatic hydroxyl groups excluding tert-OH is 1. The van der Waals surface area contributed by atoms with Gasteiger partial charge in [-0.3, -0.25) is 0 Å². The average Bonchev–Trinajstić information content (AvgIpc) is 2.65. The summed E-state index contributed by atoms with van der Waals surface area (Å²) in [4.78, 5) is 0. The van der Waals surface area contributed by atoms with Crippen LogP contribution in [0, 0.1) is 0 Å². The van der Waals surface area contributed by atoms with Crippen LogP contribution in [0.3, 0.4) is 0 Å². The molecular formula is C22H24ClNO. The van der Waals surface area contributed by atoms with Crippen molar-refractivity contribution in [1.29, 1.82) is 0 Å². The van der Waals surface area contributed by atoms with E-state index in [0.717, 1.165) is 17.7 Å². The molecule has 25 heavy (non-hydrogen) atoms. The lowest BCUT2D eigenvalue weighted by Gasteiger charge is -2.24. The Bertz CT molecular complexity index is 679. The Morgan fingerprint density at radius 2 is 1.12 bits per heavy atom. The zero-order chi connectivity index (χ0) is 16.6. The van der Waals surface area contributed by atoms with Crippen LogP contribution in [0.15, 0.2) is 91.0 Å². The lowest BCUT2D eigenvalue weighted by molar-refractivity contribution is 0.153. The molecule has 0 aliphatic heterocycles. The standard InChI is InChI=1S/C22H23NO.ClH/c24-21(17-23-16-18-10-4-1-5-11-18)22(19-12-6-2-7-13-19)20-14-8-3-9-15-20;/h1-15,21-24H,16-17H2;1H. The number of benzene rings is 3. The van der Waals surface area contributed by atoms with E-state index in [9.17, 15) is 5.11 Å². The molecule has 1 unspecified atom stereocenters. The van der Waals surface area contributed by atoms with Crippen molar-refractivity contribution in [3.8, 4) is 0 Å². The van der Waals surface area contributed by atoms with Gasteiger partial charge in [-0.2, -0.15) is 0 Å². The lowest BCUT2D eigenvalue weighted by Crippen LogP contribution is -2.32. The predicted octanol–water partition coefficient (Wildman–Crippen LogP) is 4.39. The first-order chi connectivity index (χ1) is 11.8. The first kappa shape index (κ1) is 19.2. The fourth-order valence-electron chi connectivity index (χ4n) is 3.04. The van der Waals surface area contributed by atoms with Crippen LogP contribution in [0.25, 0.3) is 0 Å². The second kappa shape index (κ2) is 10.00. The highest BCUT2D eigenvalue weighted by atomic mass is 35.5. The molecule has 3 aromatic carbocycles. The van der Waals surface area contributed by atoms with Crippen molar-refractivity contribution >= 4 is 12.4 Å². The van der Waals surface area contributed by atoms with Crippen LogP contribution in [-0.4, -0.2) is 17.8 Å². The average molecular weight is 354 g/mol. The van der Waals surface area contributed by atoms with Gasteiger partial charge in [0.25, 0.3) is 0 Å². The fraction of sp³-hybridized carbons (Fsp3) is 0.182. The Morgan fingerprint density at radius 3 is 1.60 bits per heavy atom. The summed E-state index contributed by atoms with van der Waals surface area (Å²) in [5, 5.41) is 14.2. The summed E-state index contributed by atoms with van der Waals surface area (Å²) in [6.07, 6.45) is -0.487. The van der Waals surface area contributed by atoms with Gasteiger partial charge in [0.05, 0.1) is 6.10 Å². The highest BCUT2D eigenvalue weighted by Gasteiger charge is 2.22. The molecule has 2 N–H and O–H groups in total. The quantitative estimate of drug-likeness (QED) is 0.660. The zero-order valence-corrected chi connectivity index (χ0v) is 14.9. The van der Waals surface area contributed by atoms with Crippen LogP contribution in [0.4, 0.5) is 0 Å². The molecule has 3 aromatic rings. The number of aliphatic hydroxyl groups is 1. The van der Waals surface area contributed by atoms with Gasteiger partial charge in [0.15, 0.2) is 0 Å². The molecule has 3 rings (SSSR count). The van der Waals surface area contributed by atoms with E-state index in [-0.39, 0.29) is 18.3 Å². The second-order valence-corrected chi connectivity index (χ2v) is 5.98. The highest BCUT2D eigenvalue weighted by molar-refractivity contribution is 5.85. The maximum atomic E-state index is 10.8. The summed E-state index contributed by atoms with van der Waals surface area (Å²) in [5.74, 6) is -0.0318. The van der Waals surface area contributed by atoms with Crippen molar-refractivity contribution in [2.24, 2.45) is 0 Å². The smallest absolute Gasteiger partial charge is 0.0773 e. The highest BCUT2D eigenvalue weighted by Crippen LogP contribution is 2.27. The maximum Gasteiger partial charge on any atom is 0.0773 e. The molecule has 2 nitrogen and oxygen atoms in total. The summed E-state index contributed by atoms with van der Waals surface area (Å²) >= 11 is 0. The van der Waals surface area contributed by atoms with Crippen LogP contribution in [-0.2, 0) is 6.54 Å². The van der Waals surface area contributed by atoms with Crippen LogP contribution in [0.5, 0.6) is 0 Å². The Balaban J connectivity index is 0.00000225. The lowest BCUT2D eigenvalue weighted by atomic mass is 9.86. The molecule has 0 aliphatic carbocycles. The number of hydrogen-bond donors (Lipinski definition) is 2. The van der Waals surface area contributed by atoms with E-state index >= 15 is 0 Å². The molecule has 0 aliphatic rings. The van der Waals surface area contributed by atoms with Crippen molar-refractivity contribution in [3.05, 3.63) is 108 Å².